The van der Waals surface area contributed by atoms with Gasteiger partial charge in [0, 0.05) is 12.6 Å². The average Bonchev–Trinajstić information content (AvgIpc) is 2.75. The third kappa shape index (κ3) is 3.72. The van der Waals surface area contributed by atoms with Crippen LogP contribution in [0.3, 0.4) is 0 Å². The molecule has 2 aliphatic rings. The van der Waals surface area contributed by atoms with Crippen molar-refractivity contribution in [3.8, 4) is 0 Å². The highest BCUT2D eigenvalue weighted by Gasteiger charge is 2.40. The van der Waals surface area contributed by atoms with Crippen LogP contribution in [0, 0.1) is 11.3 Å². The van der Waals surface area contributed by atoms with Crippen molar-refractivity contribution in [3.63, 3.8) is 0 Å². The first kappa shape index (κ1) is 15.3. The lowest BCUT2D eigenvalue weighted by Crippen LogP contribution is -2.43. The number of likely N-dealkylation sites (tertiary alicyclic amines) is 1. The summed E-state index contributed by atoms with van der Waals surface area (Å²) < 4.78 is 0. The minimum absolute atomic E-state index is 0.0409. The molecular weight excluding hydrogens is 256 g/mol. The van der Waals surface area contributed by atoms with Gasteiger partial charge in [-0.2, -0.15) is 0 Å². The zero-order valence-electron chi connectivity index (χ0n) is 12.5. The van der Waals surface area contributed by atoms with Crippen molar-refractivity contribution in [1.82, 2.24) is 10.2 Å². The van der Waals surface area contributed by atoms with Crippen LogP contribution >= 0.6 is 0 Å². The van der Waals surface area contributed by atoms with Gasteiger partial charge < -0.3 is 10.4 Å². The highest BCUT2D eigenvalue weighted by atomic mass is 16.4. The number of carbonyl (C=O) groups is 2. The van der Waals surface area contributed by atoms with Gasteiger partial charge >= 0.3 is 5.97 Å². The Hall–Kier alpha value is -1.10. The monoisotopic (exact) mass is 282 g/mol. The second kappa shape index (κ2) is 6.12. The van der Waals surface area contributed by atoms with E-state index in [-0.39, 0.29) is 5.91 Å². The number of nitrogens with one attached hydrogen (secondary N) is 1. The lowest BCUT2D eigenvalue weighted by molar-refractivity contribution is -0.147. The molecule has 1 amide bonds. The van der Waals surface area contributed by atoms with Crippen molar-refractivity contribution < 1.29 is 14.7 Å². The van der Waals surface area contributed by atoms with Crippen molar-refractivity contribution >= 4 is 11.9 Å². The molecular formula is C15H26N2O3. The number of carboxylic acids is 1. The molecule has 114 valence electrons. The minimum Gasteiger partial charge on any atom is -0.481 e. The van der Waals surface area contributed by atoms with Crippen molar-refractivity contribution in [2.24, 2.45) is 11.3 Å². The first-order chi connectivity index (χ1) is 9.39. The Morgan fingerprint density at radius 3 is 2.50 bits per heavy atom. The minimum atomic E-state index is -0.762. The molecule has 1 aliphatic carbocycles. The molecule has 1 atom stereocenters. The maximum atomic E-state index is 12.0. The van der Waals surface area contributed by atoms with Gasteiger partial charge in [-0.1, -0.05) is 6.92 Å². The molecule has 2 N–H and O–H groups in total. The van der Waals surface area contributed by atoms with E-state index in [4.69, 9.17) is 0 Å². The van der Waals surface area contributed by atoms with Gasteiger partial charge in [0.2, 0.25) is 5.91 Å². The lowest BCUT2D eigenvalue weighted by atomic mass is 9.87. The quantitative estimate of drug-likeness (QED) is 0.819. The van der Waals surface area contributed by atoms with E-state index in [9.17, 15) is 14.7 Å². The molecule has 20 heavy (non-hydrogen) atoms. The van der Waals surface area contributed by atoms with Crippen molar-refractivity contribution in [2.75, 3.05) is 19.6 Å². The summed E-state index contributed by atoms with van der Waals surface area (Å²) in [7, 11) is 0. The van der Waals surface area contributed by atoms with Gasteiger partial charge in [0.15, 0.2) is 0 Å². The normalized spacial score (nSPS) is 34.9. The Kier molecular flexibility index (Phi) is 4.68. The van der Waals surface area contributed by atoms with E-state index in [1.165, 1.54) is 12.8 Å². The zero-order valence-corrected chi connectivity index (χ0v) is 12.5. The topological polar surface area (TPSA) is 69.6 Å². The summed E-state index contributed by atoms with van der Waals surface area (Å²) in [6, 6.07) is 0.312. The van der Waals surface area contributed by atoms with Gasteiger partial charge in [-0.25, -0.2) is 0 Å². The van der Waals surface area contributed by atoms with Crippen LogP contribution in [0.2, 0.25) is 0 Å². The fourth-order valence-corrected chi connectivity index (χ4v) is 3.25. The van der Waals surface area contributed by atoms with E-state index in [0.29, 0.717) is 32.1 Å². The van der Waals surface area contributed by atoms with Crippen molar-refractivity contribution in [2.45, 2.75) is 52.0 Å². The molecule has 0 aromatic heterocycles. The summed E-state index contributed by atoms with van der Waals surface area (Å²) in [4.78, 5) is 25.2. The van der Waals surface area contributed by atoms with Crippen molar-refractivity contribution in [1.29, 1.82) is 0 Å². The Labute approximate surface area is 120 Å². The third-order valence-corrected chi connectivity index (χ3v) is 4.82. The maximum Gasteiger partial charge on any atom is 0.310 e. The fraction of sp³-hybridized carbons (Fsp3) is 0.867. The van der Waals surface area contributed by atoms with Crippen LogP contribution in [0.25, 0.3) is 0 Å². The summed E-state index contributed by atoms with van der Waals surface area (Å²) in [5.41, 5.74) is -0.694. The highest BCUT2D eigenvalue weighted by Crippen LogP contribution is 2.29. The second-order valence-corrected chi connectivity index (χ2v) is 6.85. The van der Waals surface area contributed by atoms with E-state index >= 15 is 0 Å². The standard InChI is InChI=1S/C15H26N2O3/c1-11-3-5-12(6-4-11)16-13(18)9-17-8-7-15(2,10-17)14(19)20/h11-12H,3-10H2,1-2H3,(H,16,18)(H,19,20). The molecule has 2 rings (SSSR count). The number of hydrogen-bond donors (Lipinski definition) is 2. The largest absolute Gasteiger partial charge is 0.481 e. The smallest absolute Gasteiger partial charge is 0.310 e. The van der Waals surface area contributed by atoms with Gasteiger partial charge in [0.25, 0.3) is 0 Å². The highest BCUT2D eigenvalue weighted by molar-refractivity contribution is 5.79. The Bertz CT molecular complexity index is 377. The number of hydrogen-bond acceptors (Lipinski definition) is 3. The van der Waals surface area contributed by atoms with E-state index in [1.807, 2.05) is 4.90 Å². The Morgan fingerprint density at radius 2 is 1.95 bits per heavy atom. The van der Waals surface area contributed by atoms with Crippen LogP contribution in [0.15, 0.2) is 0 Å². The van der Waals surface area contributed by atoms with Gasteiger partial charge in [-0.05, 0) is 51.5 Å². The second-order valence-electron chi connectivity index (χ2n) is 6.85. The molecule has 0 aromatic rings. The maximum absolute atomic E-state index is 12.0. The van der Waals surface area contributed by atoms with Crippen LogP contribution in [0.4, 0.5) is 0 Å². The summed E-state index contributed by atoms with van der Waals surface area (Å²) >= 11 is 0. The summed E-state index contributed by atoms with van der Waals surface area (Å²) in [5, 5.41) is 12.3. The van der Waals surface area contributed by atoms with E-state index in [2.05, 4.69) is 12.2 Å². The Morgan fingerprint density at radius 1 is 1.30 bits per heavy atom. The van der Waals surface area contributed by atoms with E-state index < -0.39 is 11.4 Å². The fourth-order valence-electron chi connectivity index (χ4n) is 3.25. The third-order valence-electron chi connectivity index (χ3n) is 4.82. The molecule has 5 nitrogen and oxygen atoms in total. The number of aliphatic carboxylic acids is 1. The molecule has 5 heteroatoms. The number of amides is 1. The predicted octanol–water partition coefficient (Wildman–Crippen LogP) is 1.48. The molecule has 0 radical (unpaired) electrons. The predicted molar refractivity (Wildman–Crippen MR) is 76.4 cm³/mol. The van der Waals surface area contributed by atoms with Crippen LogP contribution < -0.4 is 5.32 Å². The zero-order chi connectivity index (χ0) is 14.8. The molecule has 2 fully saturated rings. The van der Waals surface area contributed by atoms with E-state index in [1.54, 1.807) is 6.92 Å². The van der Waals surface area contributed by atoms with Crippen LogP contribution in [-0.4, -0.2) is 47.6 Å². The molecule has 0 aromatic carbocycles. The molecule has 0 bridgehead atoms. The van der Waals surface area contributed by atoms with Gasteiger partial charge in [0.1, 0.15) is 0 Å². The first-order valence-corrected chi connectivity index (χ1v) is 7.64. The molecule has 1 aliphatic heterocycles. The summed E-state index contributed by atoms with van der Waals surface area (Å²) in [6.07, 6.45) is 5.13. The molecule has 1 saturated heterocycles. The molecule has 1 saturated carbocycles. The van der Waals surface area contributed by atoms with Crippen LogP contribution in [0.1, 0.15) is 46.0 Å². The lowest BCUT2D eigenvalue weighted by Gasteiger charge is -2.27. The Balaban J connectivity index is 1.74. The number of carbonyl (C=O) groups excluding carboxylic acids is 1. The number of rotatable bonds is 4. The van der Waals surface area contributed by atoms with Gasteiger partial charge in [-0.15, -0.1) is 0 Å². The molecule has 0 spiro atoms. The summed E-state index contributed by atoms with van der Waals surface area (Å²) in [6.45, 7) is 5.51. The SMILES string of the molecule is CC1CCC(NC(=O)CN2CCC(C)(C(=O)O)C2)CC1. The van der Waals surface area contributed by atoms with Crippen LogP contribution in [0.5, 0.6) is 0 Å². The van der Waals surface area contributed by atoms with Crippen molar-refractivity contribution in [3.05, 3.63) is 0 Å². The van der Waals surface area contributed by atoms with Gasteiger partial charge in [-0.3, -0.25) is 14.5 Å². The summed E-state index contributed by atoms with van der Waals surface area (Å²) in [5.74, 6) is 0.0545. The van der Waals surface area contributed by atoms with Gasteiger partial charge in [0.05, 0.1) is 12.0 Å². The van der Waals surface area contributed by atoms with E-state index in [0.717, 1.165) is 18.8 Å². The average molecular weight is 282 g/mol. The molecule has 1 unspecified atom stereocenters. The first-order valence-electron chi connectivity index (χ1n) is 7.64. The number of carboxylic acid groups (broad SMARTS) is 1. The molecule has 1 heterocycles. The number of nitrogens with zero attached hydrogens (tertiary/aromatic N) is 1. The van der Waals surface area contributed by atoms with Crippen LogP contribution in [-0.2, 0) is 9.59 Å².